The van der Waals surface area contributed by atoms with Crippen LogP contribution in [0.2, 0.25) is 0 Å². The first-order valence-corrected chi connectivity index (χ1v) is 5.83. The average molecular weight is 197 g/mol. The number of hydrogen-bond donors (Lipinski definition) is 1. The highest BCUT2D eigenvalue weighted by Crippen LogP contribution is 2.17. The maximum atomic E-state index is 7.41. The summed E-state index contributed by atoms with van der Waals surface area (Å²) in [5.41, 5.74) is 1.28. The van der Waals surface area contributed by atoms with E-state index in [0.29, 0.717) is 4.38 Å². The zero-order valence-corrected chi connectivity index (χ0v) is 8.54. The molecule has 0 aliphatic carbocycles. The van der Waals surface area contributed by atoms with E-state index in [-0.39, 0.29) is 0 Å². The lowest BCUT2D eigenvalue weighted by Gasteiger charge is -1.99. The second kappa shape index (κ2) is 5.27. The quantitative estimate of drug-likeness (QED) is 0.581. The Morgan fingerprint density at radius 2 is 2.00 bits per heavy atom. The van der Waals surface area contributed by atoms with Crippen LogP contribution in [0, 0.1) is 5.41 Å². The molecule has 64 valence electrons. The molecule has 12 heavy (non-hydrogen) atoms. The Kier molecular flexibility index (Phi) is 4.25. The largest absolute Gasteiger partial charge is 0.288 e. The van der Waals surface area contributed by atoms with Gasteiger partial charge in [-0.25, -0.2) is 0 Å². The molecule has 1 aromatic rings. The van der Waals surface area contributed by atoms with Crippen molar-refractivity contribution in [3.8, 4) is 0 Å². The van der Waals surface area contributed by atoms with Crippen LogP contribution in [0.1, 0.15) is 5.56 Å². The number of thioether (sulfide) groups is 2. The molecule has 0 saturated carbocycles. The molecule has 0 spiro atoms. The summed E-state index contributed by atoms with van der Waals surface area (Å²) >= 11 is 3.07. The van der Waals surface area contributed by atoms with Gasteiger partial charge in [-0.2, -0.15) is 0 Å². The van der Waals surface area contributed by atoms with Crippen LogP contribution >= 0.6 is 23.5 Å². The van der Waals surface area contributed by atoms with E-state index in [9.17, 15) is 0 Å². The maximum absolute atomic E-state index is 7.41. The van der Waals surface area contributed by atoms with Crippen molar-refractivity contribution in [1.82, 2.24) is 0 Å². The molecule has 0 atom stereocenters. The molecule has 1 N–H and O–H groups in total. The van der Waals surface area contributed by atoms with Crippen molar-refractivity contribution in [1.29, 1.82) is 5.41 Å². The Morgan fingerprint density at radius 1 is 1.33 bits per heavy atom. The topological polar surface area (TPSA) is 23.9 Å². The normalized spacial score (nSPS) is 9.75. The van der Waals surface area contributed by atoms with E-state index in [1.807, 2.05) is 24.5 Å². The van der Waals surface area contributed by atoms with Gasteiger partial charge in [-0.1, -0.05) is 42.1 Å². The first-order valence-electron chi connectivity index (χ1n) is 3.62. The first kappa shape index (κ1) is 9.68. The molecule has 1 aromatic carbocycles. The highest BCUT2D eigenvalue weighted by molar-refractivity contribution is 8.38. The molecule has 0 unspecified atom stereocenters. The first-order chi connectivity index (χ1) is 5.83. The number of nitrogens with one attached hydrogen (secondary N) is 1. The summed E-state index contributed by atoms with van der Waals surface area (Å²) < 4.78 is 0.679. The third-order valence-electron chi connectivity index (χ3n) is 1.40. The molecule has 0 aromatic heterocycles. The van der Waals surface area contributed by atoms with E-state index in [1.54, 1.807) is 11.8 Å². The van der Waals surface area contributed by atoms with Gasteiger partial charge in [0.1, 0.15) is 4.38 Å². The molecule has 0 radical (unpaired) electrons. The molecule has 0 aliphatic rings. The van der Waals surface area contributed by atoms with Crippen molar-refractivity contribution >= 4 is 27.9 Å². The highest BCUT2D eigenvalue weighted by atomic mass is 32.2. The minimum absolute atomic E-state index is 0.679. The second-order valence-corrected chi connectivity index (χ2v) is 4.33. The molecule has 0 saturated heterocycles. The van der Waals surface area contributed by atoms with Gasteiger partial charge in [-0.3, -0.25) is 5.41 Å². The van der Waals surface area contributed by atoms with Crippen molar-refractivity contribution in [2.24, 2.45) is 0 Å². The molecule has 0 aliphatic heterocycles. The lowest BCUT2D eigenvalue weighted by molar-refractivity contribution is 1.42. The van der Waals surface area contributed by atoms with Crippen LogP contribution in [0.15, 0.2) is 30.3 Å². The molecule has 0 heterocycles. The lowest BCUT2D eigenvalue weighted by atomic mass is 10.2. The van der Waals surface area contributed by atoms with Gasteiger partial charge in [0.05, 0.1) is 0 Å². The van der Waals surface area contributed by atoms with E-state index in [2.05, 4.69) is 12.1 Å². The van der Waals surface area contributed by atoms with Crippen molar-refractivity contribution in [2.75, 3.05) is 6.26 Å². The standard InChI is InChI=1S/C9H11NS2/c1-11-9(10)12-7-8-5-3-2-4-6-8/h2-6,10H,7H2,1H3. The van der Waals surface area contributed by atoms with Crippen LogP contribution in [-0.4, -0.2) is 10.6 Å². The molecule has 1 rings (SSSR count). The van der Waals surface area contributed by atoms with Crippen LogP contribution in [0.3, 0.4) is 0 Å². The van der Waals surface area contributed by atoms with Crippen LogP contribution in [0.25, 0.3) is 0 Å². The summed E-state index contributed by atoms with van der Waals surface area (Å²) in [5.74, 6) is 0.903. The van der Waals surface area contributed by atoms with E-state index in [1.165, 1.54) is 17.3 Å². The van der Waals surface area contributed by atoms with Gasteiger partial charge >= 0.3 is 0 Å². The van der Waals surface area contributed by atoms with E-state index in [0.717, 1.165) is 5.75 Å². The molecular formula is C9H11NS2. The van der Waals surface area contributed by atoms with Crippen LogP contribution in [0.4, 0.5) is 0 Å². The second-order valence-electron chi connectivity index (χ2n) is 2.27. The van der Waals surface area contributed by atoms with E-state index < -0.39 is 0 Å². The van der Waals surface area contributed by atoms with Crippen molar-refractivity contribution in [2.45, 2.75) is 5.75 Å². The molecular weight excluding hydrogens is 186 g/mol. The molecule has 0 fully saturated rings. The van der Waals surface area contributed by atoms with E-state index >= 15 is 0 Å². The Balaban J connectivity index is 2.38. The monoisotopic (exact) mass is 197 g/mol. The summed E-state index contributed by atoms with van der Waals surface area (Å²) in [7, 11) is 0. The number of hydrogen-bond acceptors (Lipinski definition) is 3. The smallest absolute Gasteiger partial charge is 0.121 e. The zero-order chi connectivity index (χ0) is 8.81. The predicted octanol–water partition coefficient (Wildman–Crippen LogP) is 3.22. The molecule has 0 amide bonds. The van der Waals surface area contributed by atoms with Gasteiger partial charge < -0.3 is 0 Å². The van der Waals surface area contributed by atoms with Gasteiger partial charge in [0.25, 0.3) is 0 Å². The Morgan fingerprint density at radius 3 is 2.58 bits per heavy atom. The molecule has 0 bridgehead atoms. The fraction of sp³-hybridized carbons (Fsp3) is 0.222. The third-order valence-corrected chi connectivity index (χ3v) is 3.36. The third kappa shape index (κ3) is 3.32. The fourth-order valence-corrected chi connectivity index (χ4v) is 1.92. The molecule has 3 heteroatoms. The molecule has 1 nitrogen and oxygen atoms in total. The van der Waals surface area contributed by atoms with Gasteiger partial charge in [0.15, 0.2) is 0 Å². The van der Waals surface area contributed by atoms with Crippen LogP contribution < -0.4 is 0 Å². The summed E-state index contributed by atoms with van der Waals surface area (Å²) in [6.07, 6.45) is 1.93. The predicted molar refractivity (Wildman–Crippen MR) is 59.0 cm³/mol. The SMILES string of the molecule is CSC(=N)SCc1ccccc1. The van der Waals surface area contributed by atoms with Crippen molar-refractivity contribution in [3.63, 3.8) is 0 Å². The van der Waals surface area contributed by atoms with Gasteiger partial charge in [-0.15, -0.1) is 11.8 Å². The lowest BCUT2D eigenvalue weighted by Crippen LogP contribution is -1.83. The van der Waals surface area contributed by atoms with Gasteiger partial charge in [-0.05, 0) is 11.8 Å². The van der Waals surface area contributed by atoms with Crippen LogP contribution in [-0.2, 0) is 5.75 Å². The average Bonchev–Trinajstić information content (AvgIpc) is 2.16. The summed E-state index contributed by atoms with van der Waals surface area (Å²) in [5, 5.41) is 7.41. The minimum atomic E-state index is 0.679. The Labute approximate surface area is 81.5 Å². The summed E-state index contributed by atoms with van der Waals surface area (Å²) in [6.45, 7) is 0. The summed E-state index contributed by atoms with van der Waals surface area (Å²) in [4.78, 5) is 0. The fourth-order valence-electron chi connectivity index (χ4n) is 0.782. The Hall–Kier alpha value is -0.410. The number of rotatable bonds is 2. The Bertz CT molecular complexity index is 246. The van der Waals surface area contributed by atoms with Crippen LogP contribution in [0.5, 0.6) is 0 Å². The highest BCUT2D eigenvalue weighted by Gasteiger charge is 1.95. The zero-order valence-electron chi connectivity index (χ0n) is 6.91. The van der Waals surface area contributed by atoms with Crippen molar-refractivity contribution in [3.05, 3.63) is 35.9 Å². The minimum Gasteiger partial charge on any atom is -0.288 e. The van der Waals surface area contributed by atoms with Crippen molar-refractivity contribution < 1.29 is 0 Å². The van der Waals surface area contributed by atoms with Gasteiger partial charge in [0.2, 0.25) is 0 Å². The van der Waals surface area contributed by atoms with E-state index in [4.69, 9.17) is 5.41 Å². The maximum Gasteiger partial charge on any atom is 0.121 e. The number of benzene rings is 1. The van der Waals surface area contributed by atoms with Gasteiger partial charge in [0, 0.05) is 5.75 Å². The summed E-state index contributed by atoms with van der Waals surface area (Å²) in [6, 6.07) is 10.2.